The fourth-order valence-electron chi connectivity index (χ4n) is 3.78. The second-order valence-corrected chi connectivity index (χ2v) is 8.92. The molecule has 1 aromatic carbocycles. The maximum Gasteiger partial charge on any atom is 0.253 e. The van der Waals surface area contributed by atoms with Crippen LogP contribution in [0, 0.1) is 0 Å². The Morgan fingerprint density at radius 2 is 1.69 bits per heavy atom. The molecule has 0 radical (unpaired) electrons. The topological polar surface area (TPSA) is 172 Å². The van der Waals surface area contributed by atoms with Crippen molar-refractivity contribution in [1.29, 1.82) is 0 Å². The number of amides is 2. The first-order valence-electron chi connectivity index (χ1n) is 12.1. The molecule has 0 aliphatic rings. The summed E-state index contributed by atoms with van der Waals surface area (Å²) >= 11 is 0. The minimum Gasteiger partial charge on any atom is -0.391 e. The Balaban J connectivity index is 2.34. The molecule has 2 aromatic rings. The first kappa shape index (κ1) is 29.3. The second kappa shape index (κ2) is 14.0. The summed E-state index contributed by atoms with van der Waals surface area (Å²) < 4.78 is 0. The zero-order chi connectivity index (χ0) is 26.7. The Morgan fingerprint density at radius 3 is 2.28 bits per heavy atom. The van der Waals surface area contributed by atoms with E-state index >= 15 is 0 Å². The van der Waals surface area contributed by atoms with E-state index in [1.54, 1.807) is 24.3 Å². The molecule has 1 aromatic heterocycles. The number of aliphatic hydroxyl groups is 5. The Morgan fingerprint density at radius 1 is 1.00 bits per heavy atom. The van der Waals surface area contributed by atoms with Gasteiger partial charge >= 0.3 is 0 Å². The number of aromatic nitrogens is 1. The van der Waals surface area contributed by atoms with E-state index in [2.05, 4.69) is 15.6 Å². The fraction of sp³-hybridized carbons (Fsp3) is 0.500. The first-order chi connectivity index (χ1) is 17.1. The van der Waals surface area contributed by atoms with E-state index < -0.39 is 48.0 Å². The van der Waals surface area contributed by atoms with Gasteiger partial charge in [-0.1, -0.05) is 62.9 Å². The lowest BCUT2D eigenvalue weighted by molar-refractivity contribution is -0.210. The third-order valence-electron chi connectivity index (χ3n) is 6.02. The highest BCUT2D eigenvalue weighted by Crippen LogP contribution is 2.29. The van der Waals surface area contributed by atoms with Gasteiger partial charge in [0.2, 0.25) is 5.91 Å². The molecular weight excluding hydrogens is 466 g/mol. The van der Waals surface area contributed by atoms with Crippen LogP contribution in [-0.4, -0.2) is 72.4 Å². The molecule has 2 amide bonds. The number of nitrogens with one attached hydrogen (secondary N) is 2. The van der Waals surface area contributed by atoms with Crippen molar-refractivity contribution < 1.29 is 35.1 Å². The van der Waals surface area contributed by atoms with E-state index in [4.69, 9.17) is 0 Å². The Labute approximate surface area is 211 Å². The lowest BCUT2D eigenvalue weighted by Crippen LogP contribution is -2.67. The number of rotatable bonds is 14. The Hall–Kier alpha value is -2.89. The highest BCUT2D eigenvalue weighted by atomic mass is 16.4. The van der Waals surface area contributed by atoms with E-state index in [-0.39, 0.29) is 17.5 Å². The van der Waals surface area contributed by atoms with Crippen LogP contribution in [0.15, 0.2) is 54.9 Å². The van der Waals surface area contributed by atoms with Crippen LogP contribution in [-0.2, 0) is 4.79 Å². The van der Waals surface area contributed by atoms with Crippen molar-refractivity contribution in [3.05, 3.63) is 66.0 Å². The first-order valence-corrected chi connectivity index (χ1v) is 12.1. The maximum atomic E-state index is 13.4. The summed E-state index contributed by atoms with van der Waals surface area (Å²) in [6.07, 6.45) is -1.06. The third kappa shape index (κ3) is 7.81. The van der Waals surface area contributed by atoms with E-state index in [0.29, 0.717) is 6.42 Å². The van der Waals surface area contributed by atoms with Gasteiger partial charge in [-0.2, -0.15) is 0 Å². The van der Waals surface area contributed by atoms with Crippen molar-refractivity contribution >= 4 is 11.8 Å². The average Bonchev–Trinajstić information content (AvgIpc) is 2.89. The van der Waals surface area contributed by atoms with Crippen LogP contribution >= 0.6 is 0 Å². The number of aliphatic hydroxyl groups excluding tert-OH is 4. The Kier molecular flexibility index (Phi) is 11.4. The minimum absolute atomic E-state index is 0.149. The summed E-state index contributed by atoms with van der Waals surface area (Å²) in [5.74, 6) is -1.44. The molecule has 10 heteroatoms. The van der Waals surface area contributed by atoms with Crippen molar-refractivity contribution in [3.8, 4) is 0 Å². The van der Waals surface area contributed by atoms with Gasteiger partial charge in [-0.05, 0) is 31.0 Å². The van der Waals surface area contributed by atoms with Crippen LogP contribution in [0.5, 0.6) is 0 Å². The van der Waals surface area contributed by atoms with Crippen LogP contribution in [0.1, 0.15) is 68.0 Å². The van der Waals surface area contributed by atoms with Gasteiger partial charge in [-0.25, -0.2) is 0 Å². The number of pyridine rings is 1. The van der Waals surface area contributed by atoms with Crippen molar-refractivity contribution in [3.63, 3.8) is 0 Å². The standard InChI is InChI=1S/C26H37N3O7/c1-3-4-5-9-14-20(28-24(34)19-13-10-15-27-16-19)25(35)29-26(36,23(33)21(31)17(2)30)22(32)18-11-7-6-8-12-18/h6-8,10-13,15-17,20-23,30-33,36H,3-5,9,14H2,1-2H3,(H,28,34)(H,29,35)/t17-,20-,21-,22?,23+,26+/m1/s1. The molecule has 1 unspecified atom stereocenters. The summed E-state index contributed by atoms with van der Waals surface area (Å²) in [6.45, 7) is 3.23. The zero-order valence-corrected chi connectivity index (χ0v) is 20.6. The highest BCUT2D eigenvalue weighted by Gasteiger charge is 2.49. The third-order valence-corrected chi connectivity index (χ3v) is 6.02. The number of benzene rings is 1. The van der Waals surface area contributed by atoms with E-state index in [1.165, 1.54) is 37.5 Å². The fourth-order valence-corrected chi connectivity index (χ4v) is 3.78. The molecule has 0 spiro atoms. The molecule has 6 atom stereocenters. The molecule has 0 saturated carbocycles. The Bertz CT molecular complexity index is 945. The van der Waals surface area contributed by atoms with Crippen LogP contribution in [0.2, 0.25) is 0 Å². The van der Waals surface area contributed by atoms with E-state index in [9.17, 15) is 35.1 Å². The molecule has 7 N–H and O–H groups in total. The molecule has 0 fully saturated rings. The predicted octanol–water partition coefficient (Wildman–Crippen LogP) is 0.791. The van der Waals surface area contributed by atoms with Crippen molar-refractivity contribution in [2.45, 2.75) is 82.1 Å². The number of carbonyl (C=O) groups excluding carboxylic acids is 2. The molecule has 36 heavy (non-hydrogen) atoms. The molecule has 1 heterocycles. The number of hydrogen-bond acceptors (Lipinski definition) is 8. The lowest BCUT2D eigenvalue weighted by Gasteiger charge is -2.41. The minimum atomic E-state index is -2.80. The second-order valence-electron chi connectivity index (χ2n) is 8.92. The molecule has 198 valence electrons. The van der Waals surface area contributed by atoms with Gasteiger partial charge in [-0.3, -0.25) is 14.6 Å². The van der Waals surface area contributed by atoms with Crippen LogP contribution < -0.4 is 10.6 Å². The largest absolute Gasteiger partial charge is 0.391 e. The molecule has 0 bridgehead atoms. The predicted molar refractivity (Wildman–Crippen MR) is 132 cm³/mol. The summed E-state index contributed by atoms with van der Waals surface area (Å²) in [5, 5.41) is 58.0. The van der Waals surface area contributed by atoms with Gasteiger partial charge < -0.3 is 36.2 Å². The van der Waals surface area contributed by atoms with Gasteiger partial charge in [0.05, 0.1) is 11.7 Å². The van der Waals surface area contributed by atoms with Crippen molar-refractivity contribution in [2.75, 3.05) is 0 Å². The van der Waals surface area contributed by atoms with Crippen LogP contribution in [0.25, 0.3) is 0 Å². The van der Waals surface area contributed by atoms with Gasteiger partial charge in [0, 0.05) is 12.4 Å². The quantitative estimate of drug-likeness (QED) is 0.146. The smallest absolute Gasteiger partial charge is 0.253 e. The summed E-state index contributed by atoms with van der Waals surface area (Å²) in [6, 6.07) is 9.77. The van der Waals surface area contributed by atoms with E-state index in [0.717, 1.165) is 19.3 Å². The van der Waals surface area contributed by atoms with Gasteiger partial charge in [0.25, 0.3) is 5.91 Å². The van der Waals surface area contributed by atoms with Gasteiger partial charge in [0.15, 0.2) is 5.72 Å². The molecule has 2 rings (SSSR count). The summed E-state index contributed by atoms with van der Waals surface area (Å²) in [5.41, 5.74) is -2.42. The summed E-state index contributed by atoms with van der Waals surface area (Å²) in [7, 11) is 0. The van der Waals surface area contributed by atoms with Crippen LogP contribution in [0.3, 0.4) is 0 Å². The number of nitrogens with zero attached hydrogens (tertiary/aromatic N) is 1. The maximum absolute atomic E-state index is 13.4. The molecule has 0 saturated heterocycles. The van der Waals surface area contributed by atoms with E-state index in [1.807, 2.05) is 6.92 Å². The van der Waals surface area contributed by atoms with Crippen LogP contribution in [0.4, 0.5) is 0 Å². The molecule has 0 aliphatic carbocycles. The molecule has 0 aliphatic heterocycles. The van der Waals surface area contributed by atoms with Gasteiger partial charge in [-0.15, -0.1) is 0 Å². The monoisotopic (exact) mass is 503 g/mol. The highest BCUT2D eigenvalue weighted by molar-refractivity contribution is 5.97. The lowest BCUT2D eigenvalue weighted by atomic mass is 9.88. The normalized spacial score (nSPS) is 17.2. The average molecular weight is 504 g/mol. The summed E-state index contributed by atoms with van der Waals surface area (Å²) in [4.78, 5) is 30.0. The zero-order valence-electron chi connectivity index (χ0n) is 20.6. The SMILES string of the molecule is CCCCCC[C@@H](NC(=O)c1cccnc1)C(=O)N[C@](O)(C(O)c1ccccc1)[C@@H](O)[C@H](O)[C@@H](C)O. The van der Waals surface area contributed by atoms with Crippen molar-refractivity contribution in [1.82, 2.24) is 15.6 Å². The number of hydrogen-bond donors (Lipinski definition) is 7. The van der Waals surface area contributed by atoms with Gasteiger partial charge in [0.1, 0.15) is 24.4 Å². The molecule has 10 nitrogen and oxygen atoms in total. The number of carbonyl (C=O) groups is 2. The number of unbranched alkanes of at least 4 members (excludes halogenated alkanes) is 3. The molecular formula is C26H37N3O7. The van der Waals surface area contributed by atoms with Crippen molar-refractivity contribution in [2.24, 2.45) is 0 Å².